The van der Waals surface area contributed by atoms with Crippen LogP contribution in [0.15, 0.2) is 77.8 Å². The van der Waals surface area contributed by atoms with E-state index >= 15 is 0 Å². The van der Waals surface area contributed by atoms with E-state index in [1.165, 1.54) is 7.11 Å². The van der Waals surface area contributed by atoms with Crippen LogP contribution in [0.25, 0.3) is 0 Å². The van der Waals surface area contributed by atoms with Gasteiger partial charge >= 0.3 is 5.97 Å². The molecule has 1 amide bonds. The number of ether oxygens (including phenoxy) is 7. The van der Waals surface area contributed by atoms with E-state index in [1.807, 2.05) is 67.6 Å². The molecule has 10 atom stereocenters. The molecule has 3 aromatic rings. The van der Waals surface area contributed by atoms with Gasteiger partial charge < -0.3 is 64.0 Å². The number of carbonyl (C=O) groups excluding carboxylic acids is 1. The standard InChI is InChI=1S/C37H44N2O14/c1-19-5-11-23(12-6-19)50-24-15-9-21(10-16-24)25(20-7-13-22(47-2)14-8-20)38-17-18-39-34(44)32-30(48-3)26(40)29(43)37(52-32)51-31-27(41)28(42)36(49-4)53-33(31)35(45)46/h5-16,26-33,36-37,40-43H,17-18H2,1-4H3,(H,39,44)(H,45,46)/t26-,27-,28?,29?,30+,31+,32?,33?,36-,37-/m1/s1. The molecule has 0 aromatic heterocycles. The number of rotatable bonds is 14. The molecule has 286 valence electrons. The summed E-state index contributed by atoms with van der Waals surface area (Å²) in [4.78, 5) is 30.1. The van der Waals surface area contributed by atoms with E-state index in [2.05, 4.69) is 5.32 Å². The number of nitrogens with zero attached hydrogens (tertiary/aromatic N) is 1. The first-order chi connectivity index (χ1) is 25.4. The lowest BCUT2D eigenvalue weighted by Crippen LogP contribution is -2.66. The molecule has 0 bridgehead atoms. The monoisotopic (exact) mass is 740 g/mol. The maximum atomic E-state index is 13.4. The second-order valence-electron chi connectivity index (χ2n) is 12.4. The van der Waals surface area contributed by atoms with Crippen molar-refractivity contribution in [3.63, 3.8) is 0 Å². The van der Waals surface area contributed by atoms with Crippen molar-refractivity contribution >= 4 is 17.6 Å². The maximum absolute atomic E-state index is 13.4. The molecular formula is C37H44N2O14. The number of aliphatic imine (C=N–C) groups is 1. The van der Waals surface area contributed by atoms with Gasteiger partial charge in [-0.15, -0.1) is 0 Å². The number of aliphatic carboxylic acids is 1. The molecule has 2 aliphatic heterocycles. The Balaban J connectivity index is 1.28. The Morgan fingerprint density at radius 2 is 1.23 bits per heavy atom. The Bertz CT molecular complexity index is 1690. The van der Waals surface area contributed by atoms with Crippen LogP contribution < -0.4 is 14.8 Å². The Morgan fingerprint density at radius 3 is 1.77 bits per heavy atom. The number of carboxylic acid groups (broad SMARTS) is 1. The number of aryl methyl sites for hydroxylation is 1. The Hall–Kier alpha value is -4.49. The second kappa shape index (κ2) is 18.0. The first kappa shape index (κ1) is 39.7. The van der Waals surface area contributed by atoms with Gasteiger partial charge in [0.15, 0.2) is 24.8 Å². The number of aliphatic hydroxyl groups is 4. The molecule has 2 fully saturated rings. The number of hydrogen-bond donors (Lipinski definition) is 6. The largest absolute Gasteiger partial charge is 0.497 e. The lowest BCUT2D eigenvalue weighted by atomic mass is 9.96. The van der Waals surface area contributed by atoms with Gasteiger partial charge in [0.2, 0.25) is 0 Å². The van der Waals surface area contributed by atoms with Crippen LogP contribution in [-0.2, 0) is 33.3 Å². The van der Waals surface area contributed by atoms with E-state index in [9.17, 15) is 35.1 Å². The summed E-state index contributed by atoms with van der Waals surface area (Å²) in [5.74, 6) is -0.335. The first-order valence-corrected chi connectivity index (χ1v) is 16.7. The molecule has 0 spiro atoms. The molecule has 16 heteroatoms. The summed E-state index contributed by atoms with van der Waals surface area (Å²) in [5, 5.41) is 55.0. The minimum atomic E-state index is -1.87. The fourth-order valence-electron chi connectivity index (χ4n) is 5.93. The first-order valence-electron chi connectivity index (χ1n) is 16.7. The highest BCUT2D eigenvalue weighted by Crippen LogP contribution is 2.31. The van der Waals surface area contributed by atoms with Gasteiger partial charge in [-0.3, -0.25) is 9.79 Å². The van der Waals surface area contributed by atoms with Crippen LogP contribution in [0.5, 0.6) is 17.2 Å². The second-order valence-corrected chi connectivity index (χ2v) is 12.4. The molecule has 2 aliphatic rings. The third-order valence-electron chi connectivity index (χ3n) is 8.82. The molecule has 3 aromatic carbocycles. The van der Waals surface area contributed by atoms with E-state index in [1.54, 1.807) is 19.2 Å². The van der Waals surface area contributed by atoms with Crippen molar-refractivity contribution in [1.82, 2.24) is 5.32 Å². The molecule has 6 N–H and O–H groups in total. The normalized spacial score (nSPS) is 28.9. The van der Waals surface area contributed by atoms with E-state index in [4.69, 9.17) is 38.2 Å². The number of carbonyl (C=O) groups is 2. The fraction of sp³-hybridized carbons (Fsp3) is 0.432. The third-order valence-corrected chi connectivity index (χ3v) is 8.82. The molecule has 0 radical (unpaired) electrons. The van der Waals surface area contributed by atoms with Crippen molar-refractivity contribution in [3.05, 3.63) is 89.5 Å². The summed E-state index contributed by atoms with van der Waals surface area (Å²) in [7, 11) is 3.92. The van der Waals surface area contributed by atoms with Gasteiger partial charge in [0.25, 0.3) is 5.91 Å². The maximum Gasteiger partial charge on any atom is 0.335 e. The summed E-state index contributed by atoms with van der Waals surface area (Å²) in [5.41, 5.74) is 3.30. The van der Waals surface area contributed by atoms with Crippen LogP contribution in [0.3, 0.4) is 0 Å². The van der Waals surface area contributed by atoms with Crippen LogP contribution in [0.4, 0.5) is 0 Å². The lowest BCUT2D eigenvalue weighted by Gasteiger charge is -2.45. The van der Waals surface area contributed by atoms with Gasteiger partial charge in [0, 0.05) is 31.9 Å². The number of benzene rings is 3. The number of aliphatic hydroxyl groups excluding tert-OH is 4. The molecule has 0 saturated carbocycles. The minimum Gasteiger partial charge on any atom is -0.497 e. The SMILES string of the molecule is COc1ccc(C(=NCCNC(=O)C2O[C@@H](O[C@@H]3C(C(=O)O)O[C@@H](OC)C(O)[C@H]3O)C(O)[C@@H](O)[C@@H]2OC)c2ccc(Oc3ccc(C)cc3)cc2)cc1. The topological polar surface area (TPSA) is 224 Å². The van der Waals surface area contributed by atoms with Crippen molar-refractivity contribution in [3.8, 4) is 17.2 Å². The van der Waals surface area contributed by atoms with Crippen molar-refractivity contribution in [2.45, 2.75) is 68.3 Å². The zero-order valence-electron chi connectivity index (χ0n) is 29.5. The van der Waals surface area contributed by atoms with Gasteiger partial charge in [0.1, 0.15) is 53.9 Å². The van der Waals surface area contributed by atoms with Crippen LogP contribution in [0.1, 0.15) is 16.7 Å². The van der Waals surface area contributed by atoms with Crippen molar-refractivity contribution < 1.29 is 68.3 Å². The van der Waals surface area contributed by atoms with E-state index in [0.717, 1.165) is 23.8 Å². The van der Waals surface area contributed by atoms with Gasteiger partial charge in [0.05, 0.1) is 19.4 Å². The Labute approximate surface area is 305 Å². The minimum absolute atomic E-state index is 0.00837. The predicted octanol–water partition coefficient (Wildman–Crippen LogP) is 0.774. The summed E-state index contributed by atoms with van der Waals surface area (Å²) in [6.45, 7) is 2.11. The molecule has 4 unspecified atom stereocenters. The lowest BCUT2D eigenvalue weighted by molar-refractivity contribution is -0.348. The molecule has 2 saturated heterocycles. The molecule has 2 heterocycles. The summed E-state index contributed by atoms with van der Waals surface area (Å²) < 4.78 is 37.9. The molecule has 16 nitrogen and oxygen atoms in total. The van der Waals surface area contributed by atoms with Crippen LogP contribution in [0.2, 0.25) is 0 Å². The molecule has 0 aliphatic carbocycles. The zero-order chi connectivity index (χ0) is 38.2. The van der Waals surface area contributed by atoms with Gasteiger partial charge in [-0.25, -0.2) is 4.79 Å². The number of hydrogen-bond acceptors (Lipinski definition) is 14. The molecule has 5 rings (SSSR count). The number of amides is 1. The van der Waals surface area contributed by atoms with Gasteiger partial charge in [-0.2, -0.15) is 0 Å². The molecular weight excluding hydrogens is 696 g/mol. The average molecular weight is 741 g/mol. The van der Waals surface area contributed by atoms with Crippen LogP contribution in [-0.4, -0.2) is 139 Å². The summed E-state index contributed by atoms with van der Waals surface area (Å²) >= 11 is 0. The van der Waals surface area contributed by atoms with Crippen LogP contribution >= 0.6 is 0 Å². The Kier molecular flexibility index (Phi) is 13.5. The number of nitrogens with one attached hydrogen (secondary N) is 1. The highest BCUT2D eigenvalue weighted by Gasteiger charge is 2.54. The number of carboxylic acids is 1. The quantitative estimate of drug-likeness (QED) is 0.0993. The van der Waals surface area contributed by atoms with Gasteiger partial charge in [-0.1, -0.05) is 17.7 Å². The zero-order valence-corrected chi connectivity index (χ0v) is 29.5. The number of methoxy groups -OCH3 is 3. The van der Waals surface area contributed by atoms with Crippen molar-refractivity contribution in [1.29, 1.82) is 0 Å². The fourth-order valence-corrected chi connectivity index (χ4v) is 5.93. The van der Waals surface area contributed by atoms with E-state index < -0.39 is 73.3 Å². The van der Waals surface area contributed by atoms with Crippen molar-refractivity contribution in [2.24, 2.45) is 4.99 Å². The predicted molar refractivity (Wildman–Crippen MR) is 186 cm³/mol. The summed E-state index contributed by atoms with van der Waals surface area (Å²) in [6.07, 6.45) is -17.1. The third kappa shape index (κ3) is 9.36. The van der Waals surface area contributed by atoms with E-state index in [0.29, 0.717) is 23.0 Å². The van der Waals surface area contributed by atoms with Gasteiger partial charge in [-0.05, 0) is 67.6 Å². The highest BCUT2D eigenvalue weighted by molar-refractivity contribution is 6.13. The Morgan fingerprint density at radius 1 is 0.698 bits per heavy atom. The summed E-state index contributed by atoms with van der Waals surface area (Å²) in [6, 6.07) is 22.4. The average Bonchev–Trinajstić information content (AvgIpc) is 3.16. The van der Waals surface area contributed by atoms with Crippen molar-refractivity contribution in [2.75, 3.05) is 34.4 Å². The van der Waals surface area contributed by atoms with Crippen LogP contribution in [0, 0.1) is 6.92 Å². The molecule has 53 heavy (non-hydrogen) atoms. The highest BCUT2D eigenvalue weighted by atomic mass is 16.7. The van der Waals surface area contributed by atoms with E-state index in [-0.39, 0.29) is 13.1 Å². The smallest absolute Gasteiger partial charge is 0.335 e.